The van der Waals surface area contributed by atoms with Gasteiger partial charge in [0.1, 0.15) is 0 Å². The number of hydrogen-bond acceptors (Lipinski definition) is 4. The second-order valence-corrected chi connectivity index (χ2v) is 9.11. The Kier molecular flexibility index (Phi) is 25.5. The summed E-state index contributed by atoms with van der Waals surface area (Å²) in [6, 6.07) is 0. The SMILES string of the molecule is CCCCCCCCCCCCC/C=C/C(CCCCCC)COS(=O)(=O)[O-].[Na+]. The molecule has 0 spiro atoms. The summed E-state index contributed by atoms with van der Waals surface area (Å²) in [5.74, 6) is 0.0216. The van der Waals surface area contributed by atoms with Gasteiger partial charge in [-0.1, -0.05) is 116 Å². The van der Waals surface area contributed by atoms with Gasteiger partial charge >= 0.3 is 29.6 Å². The van der Waals surface area contributed by atoms with Gasteiger partial charge < -0.3 is 4.55 Å². The van der Waals surface area contributed by atoms with Crippen LogP contribution in [-0.4, -0.2) is 19.6 Å². The second-order valence-electron chi connectivity index (χ2n) is 8.05. The quantitative estimate of drug-likeness (QED) is 0.0877. The fourth-order valence-electron chi connectivity index (χ4n) is 3.45. The molecule has 0 aromatic heterocycles. The average molecular weight is 441 g/mol. The first kappa shape index (κ1) is 31.8. The zero-order valence-corrected chi connectivity index (χ0v) is 22.3. The summed E-state index contributed by atoms with van der Waals surface area (Å²) in [6.07, 6.45) is 25.3. The molecule has 6 heteroatoms. The molecule has 0 N–H and O–H groups in total. The molecule has 168 valence electrons. The molecule has 1 unspecified atom stereocenters. The fraction of sp³-hybridized carbons (Fsp3) is 0.913. The number of hydrogen-bond donors (Lipinski definition) is 0. The Morgan fingerprint density at radius 3 is 1.69 bits per heavy atom. The Morgan fingerprint density at radius 1 is 0.759 bits per heavy atom. The summed E-state index contributed by atoms with van der Waals surface area (Å²) in [5.41, 5.74) is 0. The molecule has 0 aliphatic rings. The Balaban J connectivity index is 0. The van der Waals surface area contributed by atoms with Gasteiger partial charge in [-0.2, -0.15) is 0 Å². The van der Waals surface area contributed by atoms with Gasteiger partial charge in [-0.05, 0) is 19.3 Å². The third-order valence-corrected chi connectivity index (χ3v) is 5.66. The van der Waals surface area contributed by atoms with Crippen molar-refractivity contribution in [3.05, 3.63) is 12.2 Å². The molecule has 0 amide bonds. The minimum atomic E-state index is -4.60. The molecule has 0 saturated heterocycles. The molecule has 0 bridgehead atoms. The molecule has 0 fully saturated rings. The Labute approximate surface area is 203 Å². The van der Waals surface area contributed by atoms with Gasteiger partial charge in [0.15, 0.2) is 0 Å². The minimum Gasteiger partial charge on any atom is -0.726 e. The fourth-order valence-corrected chi connectivity index (χ4v) is 3.80. The molecule has 4 nitrogen and oxygen atoms in total. The Morgan fingerprint density at radius 2 is 1.21 bits per heavy atom. The molecule has 0 heterocycles. The van der Waals surface area contributed by atoms with E-state index >= 15 is 0 Å². The van der Waals surface area contributed by atoms with Crippen LogP contribution in [0.25, 0.3) is 0 Å². The van der Waals surface area contributed by atoms with Gasteiger partial charge in [0.2, 0.25) is 10.4 Å². The van der Waals surface area contributed by atoms with Gasteiger partial charge in [-0.25, -0.2) is 8.42 Å². The van der Waals surface area contributed by atoms with Gasteiger partial charge in [0.05, 0.1) is 6.61 Å². The topological polar surface area (TPSA) is 66.4 Å². The van der Waals surface area contributed by atoms with E-state index in [-0.39, 0.29) is 42.1 Å². The van der Waals surface area contributed by atoms with Crippen LogP contribution in [0.5, 0.6) is 0 Å². The van der Waals surface area contributed by atoms with Crippen LogP contribution in [0.3, 0.4) is 0 Å². The van der Waals surface area contributed by atoms with Gasteiger partial charge in [0.25, 0.3) is 0 Å². The van der Waals surface area contributed by atoms with E-state index in [9.17, 15) is 13.0 Å². The molecular weight excluding hydrogens is 395 g/mol. The summed E-state index contributed by atoms with van der Waals surface area (Å²) in [5, 5.41) is 0. The molecule has 1 atom stereocenters. The monoisotopic (exact) mass is 440 g/mol. The first-order chi connectivity index (χ1) is 13.5. The maximum Gasteiger partial charge on any atom is 1.00 e. The van der Waals surface area contributed by atoms with Crippen LogP contribution in [0.4, 0.5) is 0 Å². The molecule has 0 rings (SSSR count). The van der Waals surface area contributed by atoms with Gasteiger partial charge in [0, 0.05) is 5.92 Å². The predicted molar refractivity (Wildman–Crippen MR) is 118 cm³/mol. The first-order valence-electron chi connectivity index (χ1n) is 11.8. The van der Waals surface area contributed by atoms with Gasteiger partial charge in [-0.3, -0.25) is 4.18 Å². The van der Waals surface area contributed by atoms with Crippen molar-refractivity contribution in [3.63, 3.8) is 0 Å². The van der Waals surface area contributed by atoms with Crippen molar-refractivity contribution in [2.45, 2.75) is 123 Å². The molecule has 0 aromatic rings. The van der Waals surface area contributed by atoms with Crippen molar-refractivity contribution in [3.8, 4) is 0 Å². The predicted octanol–water partition coefficient (Wildman–Crippen LogP) is 4.31. The van der Waals surface area contributed by atoms with E-state index in [1.54, 1.807) is 0 Å². The second kappa shape index (κ2) is 23.3. The van der Waals surface area contributed by atoms with E-state index in [0.717, 1.165) is 25.7 Å². The van der Waals surface area contributed by atoms with Crippen LogP contribution in [-0.2, 0) is 14.6 Å². The van der Waals surface area contributed by atoms with E-state index in [1.807, 2.05) is 6.08 Å². The third kappa shape index (κ3) is 26.6. The minimum absolute atomic E-state index is 0. The van der Waals surface area contributed by atoms with E-state index in [4.69, 9.17) is 0 Å². The summed E-state index contributed by atoms with van der Waals surface area (Å²) in [6.45, 7) is 4.40. The maximum atomic E-state index is 10.7. The molecule has 29 heavy (non-hydrogen) atoms. The smallest absolute Gasteiger partial charge is 0.726 e. The Hall–Kier alpha value is 0.610. The standard InChI is InChI=1S/C23H46O4S.Na/c1-3-5-7-9-10-11-12-13-14-15-16-17-19-21-23(20-18-8-6-4-2)22-27-28(24,25)26;/h19,21,23H,3-18,20,22H2,1-2H3,(H,24,25,26);/q;+1/p-1/b21-19+;. The normalized spacial score (nSPS) is 12.9. The number of allylic oxidation sites excluding steroid dienone is 1. The van der Waals surface area contributed by atoms with E-state index in [1.165, 1.54) is 83.5 Å². The van der Waals surface area contributed by atoms with Crippen molar-refractivity contribution in [1.29, 1.82) is 0 Å². The van der Waals surface area contributed by atoms with Crippen LogP contribution in [0.2, 0.25) is 0 Å². The molecular formula is C23H45NaO4S. The van der Waals surface area contributed by atoms with Crippen molar-refractivity contribution in [1.82, 2.24) is 0 Å². The summed E-state index contributed by atoms with van der Waals surface area (Å²) in [4.78, 5) is 0. The van der Waals surface area contributed by atoms with Gasteiger partial charge in [-0.15, -0.1) is 0 Å². The zero-order valence-electron chi connectivity index (χ0n) is 19.5. The van der Waals surface area contributed by atoms with E-state index < -0.39 is 10.4 Å². The Bertz CT molecular complexity index is 452. The van der Waals surface area contributed by atoms with Crippen molar-refractivity contribution >= 4 is 10.4 Å². The van der Waals surface area contributed by atoms with Crippen LogP contribution in [0.1, 0.15) is 123 Å². The van der Waals surface area contributed by atoms with E-state index in [2.05, 4.69) is 24.1 Å². The maximum absolute atomic E-state index is 10.7. The van der Waals surface area contributed by atoms with Crippen LogP contribution in [0, 0.1) is 5.92 Å². The molecule has 0 saturated carbocycles. The summed E-state index contributed by atoms with van der Waals surface area (Å²) in [7, 11) is -4.60. The zero-order chi connectivity index (χ0) is 20.9. The number of unbranched alkanes of at least 4 members (excludes halogenated alkanes) is 14. The van der Waals surface area contributed by atoms with Crippen LogP contribution < -0.4 is 29.6 Å². The summed E-state index contributed by atoms with van der Waals surface area (Å²) < 4.78 is 36.6. The largest absolute Gasteiger partial charge is 1.00 e. The van der Waals surface area contributed by atoms with Crippen molar-refractivity contribution in [2.75, 3.05) is 6.61 Å². The molecule has 0 aromatic carbocycles. The molecule has 0 aliphatic carbocycles. The van der Waals surface area contributed by atoms with Crippen LogP contribution in [0.15, 0.2) is 12.2 Å². The average Bonchev–Trinajstić information content (AvgIpc) is 2.65. The molecule has 0 aliphatic heterocycles. The third-order valence-electron chi connectivity index (χ3n) is 5.24. The van der Waals surface area contributed by atoms with Crippen molar-refractivity contribution in [2.24, 2.45) is 5.92 Å². The molecule has 0 radical (unpaired) electrons. The van der Waals surface area contributed by atoms with E-state index in [0.29, 0.717) is 0 Å². The van der Waals surface area contributed by atoms with Crippen molar-refractivity contribution < 1.29 is 46.7 Å². The summed E-state index contributed by atoms with van der Waals surface area (Å²) >= 11 is 0. The van der Waals surface area contributed by atoms with Crippen LogP contribution >= 0.6 is 0 Å². The number of rotatable bonds is 21. The first-order valence-corrected chi connectivity index (χ1v) is 13.1.